The van der Waals surface area contributed by atoms with Crippen LogP contribution in [0.3, 0.4) is 0 Å². The first kappa shape index (κ1) is 17.2. The van der Waals surface area contributed by atoms with Crippen molar-refractivity contribution in [3.63, 3.8) is 0 Å². The van der Waals surface area contributed by atoms with Crippen LogP contribution in [0.5, 0.6) is 0 Å². The molecule has 2 saturated heterocycles. The third-order valence-corrected chi connectivity index (χ3v) is 5.76. The van der Waals surface area contributed by atoms with Crippen LogP contribution >= 0.6 is 0 Å². The number of aromatic nitrogens is 1. The lowest BCUT2D eigenvalue weighted by Crippen LogP contribution is -2.54. The summed E-state index contributed by atoms with van der Waals surface area (Å²) in [4.78, 5) is 16.1. The standard InChI is InChI=1S/C18H23FN6O/c19-15-9-12(5-7-21-15)23-17-16-14(6-8-22-18(16)26)25(24-17)13-4-2-1-3-11(13)10-20/h5,7,9,11,13-14,16-17,24H,1-4,6,8H2,(H,21,23)(H,22,26)/t11-,13+,14?,16?,17?/m1/s1. The van der Waals surface area contributed by atoms with E-state index in [0.29, 0.717) is 12.2 Å². The maximum atomic E-state index is 13.4. The highest BCUT2D eigenvalue weighted by atomic mass is 19.1. The second kappa shape index (κ2) is 7.17. The van der Waals surface area contributed by atoms with Crippen LogP contribution in [0.4, 0.5) is 10.1 Å². The van der Waals surface area contributed by atoms with Gasteiger partial charge in [0.05, 0.1) is 17.9 Å². The van der Waals surface area contributed by atoms with E-state index in [1.54, 1.807) is 6.07 Å². The monoisotopic (exact) mass is 358 g/mol. The van der Waals surface area contributed by atoms with Crippen LogP contribution in [-0.4, -0.2) is 40.7 Å². The lowest BCUT2D eigenvalue weighted by molar-refractivity contribution is -0.128. The maximum absolute atomic E-state index is 13.4. The van der Waals surface area contributed by atoms with E-state index in [4.69, 9.17) is 0 Å². The van der Waals surface area contributed by atoms with Crippen LogP contribution in [0.25, 0.3) is 0 Å². The topological polar surface area (TPSA) is 93.1 Å². The van der Waals surface area contributed by atoms with E-state index < -0.39 is 5.95 Å². The van der Waals surface area contributed by atoms with Gasteiger partial charge >= 0.3 is 0 Å². The predicted molar refractivity (Wildman–Crippen MR) is 92.8 cm³/mol. The lowest BCUT2D eigenvalue weighted by atomic mass is 9.83. The first-order valence-electron chi connectivity index (χ1n) is 9.27. The first-order chi connectivity index (χ1) is 12.7. The quantitative estimate of drug-likeness (QED) is 0.707. The van der Waals surface area contributed by atoms with Crippen molar-refractivity contribution in [1.29, 1.82) is 5.26 Å². The molecule has 0 aromatic carbocycles. The van der Waals surface area contributed by atoms with Crippen molar-refractivity contribution < 1.29 is 9.18 Å². The third kappa shape index (κ3) is 3.13. The molecule has 8 heteroatoms. The van der Waals surface area contributed by atoms with Gasteiger partial charge in [-0.05, 0) is 25.3 Å². The molecule has 7 nitrogen and oxygen atoms in total. The number of piperidine rings is 1. The number of hydrogen-bond acceptors (Lipinski definition) is 6. The zero-order valence-electron chi connectivity index (χ0n) is 14.5. The SMILES string of the molecule is N#C[C@H]1CCCC[C@@H]1N1NC(Nc2ccnc(F)c2)C2C(=O)NCCC21. The first-order valence-corrected chi connectivity index (χ1v) is 9.27. The predicted octanol–water partition coefficient (Wildman–Crippen LogP) is 1.37. The number of halogens is 1. The minimum atomic E-state index is -0.564. The van der Waals surface area contributed by atoms with Gasteiger partial charge in [-0.2, -0.15) is 9.65 Å². The number of amides is 1. The molecular formula is C18H23FN6O. The number of hydrazine groups is 1. The van der Waals surface area contributed by atoms with Gasteiger partial charge in [0.2, 0.25) is 11.9 Å². The minimum Gasteiger partial charge on any atom is -0.368 e. The fraction of sp³-hybridized carbons (Fsp3) is 0.611. The Balaban J connectivity index is 1.59. The molecule has 3 N–H and O–H groups in total. The van der Waals surface area contributed by atoms with Crippen LogP contribution in [0.2, 0.25) is 0 Å². The number of carbonyl (C=O) groups is 1. The molecule has 4 rings (SSSR count). The summed E-state index contributed by atoms with van der Waals surface area (Å²) in [5, 5.41) is 17.9. The molecule has 1 amide bonds. The van der Waals surface area contributed by atoms with Gasteiger partial charge in [-0.25, -0.2) is 15.4 Å². The molecule has 3 aliphatic rings. The van der Waals surface area contributed by atoms with Gasteiger partial charge in [0.15, 0.2) is 0 Å². The second-order valence-electron chi connectivity index (χ2n) is 7.29. The number of nitriles is 1. The Bertz CT molecular complexity index is 722. The molecule has 3 heterocycles. The Morgan fingerprint density at radius 2 is 2.15 bits per heavy atom. The summed E-state index contributed by atoms with van der Waals surface area (Å²) in [5.74, 6) is -0.890. The zero-order valence-corrected chi connectivity index (χ0v) is 14.5. The molecule has 0 bridgehead atoms. The van der Waals surface area contributed by atoms with E-state index in [0.717, 1.165) is 32.1 Å². The van der Waals surface area contributed by atoms with Crippen molar-refractivity contribution in [2.45, 2.75) is 50.4 Å². The van der Waals surface area contributed by atoms with Crippen LogP contribution in [0, 0.1) is 29.1 Å². The molecule has 1 aromatic heterocycles. The number of fused-ring (bicyclic) bond motifs is 1. The molecule has 138 valence electrons. The van der Waals surface area contributed by atoms with Crippen LogP contribution in [0.1, 0.15) is 32.1 Å². The summed E-state index contributed by atoms with van der Waals surface area (Å²) in [7, 11) is 0. The summed E-state index contributed by atoms with van der Waals surface area (Å²) in [6, 6.07) is 5.59. The van der Waals surface area contributed by atoms with Crippen LogP contribution < -0.4 is 16.1 Å². The average molecular weight is 358 g/mol. The Kier molecular flexibility index (Phi) is 4.74. The normalized spacial score (nSPS) is 34.6. The van der Waals surface area contributed by atoms with Gasteiger partial charge in [-0.15, -0.1) is 0 Å². The Morgan fingerprint density at radius 1 is 1.31 bits per heavy atom. The highest BCUT2D eigenvalue weighted by Crippen LogP contribution is 2.36. The smallest absolute Gasteiger partial charge is 0.228 e. The van der Waals surface area contributed by atoms with Gasteiger partial charge in [-0.3, -0.25) is 4.79 Å². The minimum absolute atomic E-state index is 0.00686. The number of nitrogens with zero attached hydrogens (tertiary/aromatic N) is 3. The van der Waals surface area contributed by atoms with E-state index >= 15 is 0 Å². The molecule has 1 aliphatic carbocycles. The summed E-state index contributed by atoms with van der Waals surface area (Å²) in [6.45, 7) is 0.638. The molecular weight excluding hydrogens is 335 g/mol. The van der Waals surface area contributed by atoms with Gasteiger partial charge in [0, 0.05) is 36.6 Å². The maximum Gasteiger partial charge on any atom is 0.228 e. The van der Waals surface area contributed by atoms with E-state index in [1.165, 1.54) is 12.3 Å². The number of anilines is 1. The van der Waals surface area contributed by atoms with Crippen LogP contribution in [-0.2, 0) is 4.79 Å². The van der Waals surface area contributed by atoms with E-state index in [-0.39, 0.29) is 36.0 Å². The molecule has 0 spiro atoms. The highest BCUT2D eigenvalue weighted by molar-refractivity contribution is 5.82. The van der Waals surface area contributed by atoms with Crippen molar-refractivity contribution >= 4 is 11.6 Å². The summed E-state index contributed by atoms with van der Waals surface area (Å²) >= 11 is 0. The van der Waals surface area contributed by atoms with E-state index in [1.807, 2.05) is 0 Å². The van der Waals surface area contributed by atoms with Gasteiger partial charge in [0.25, 0.3) is 0 Å². The molecule has 2 aliphatic heterocycles. The largest absolute Gasteiger partial charge is 0.368 e. The number of pyridine rings is 1. The number of carbonyl (C=O) groups excluding carboxylic acids is 1. The molecule has 3 unspecified atom stereocenters. The molecule has 0 radical (unpaired) electrons. The fourth-order valence-electron chi connectivity index (χ4n) is 4.57. The van der Waals surface area contributed by atoms with Crippen molar-refractivity contribution in [2.75, 3.05) is 11.9 Å². The van der Waals surface area contributed by atoms with Gasteiger partial charge in [0.1, 0.15) is 6.17 Å². The molecule has 26 heavy (non-hydrogen) atoms. The van der Waals surface area contributed by atoms with Gasteiger partial charge < -0.3 is 10.6 Å². The molecule has 3 fully saturated rings. The number of rotatable bonds is 3. The van der Waals surface area contributed by atoms with E-state index in [2.05, 4.69) is 32.1 Å². The fourth-order valence-corrected chi connectivity index (χ4v) is 4.57. The number of hydrogen-bond donors (Lipinski definition) is 3. The number of nitrogens with one attached hydrogen (secondary N) is 3. The summed E-state index contributed by atoms with van der Waals surface area (Å²) in [6.07, 6.45) is 5.91. The highest BCUT2D eigenvalue weighted by Gasteiger charge is 2.51. The van der Waals surface area contributed by atoms with Crippen molar-refractivity contribution in [3.05, 3.63) is 24.3 Å². The molecule has 1 aromatic rings. The Hall–Kier alpha value is -2.24. The second-order valence-corrected chi connectivity index (χ2v) is 7.29. The molecule has 5 atom stereocenters. The molecule has 1 saturated carbocycles. The van der Waals surface area contributed by atoms with Crippen LogP contribution in [0.15, 0.2) is 18.3 Å². The average Bonchev–Trinajstić information content (AvgIpc) is 3.01. The zero-order chi connectivity index (χ0) is 18.1. The third-order valence-electron chi connectivity index (χ3n) is 5.76. The van der Waals surface area contributed by atoms with E-state index in [9.17, 15) is 14.4 Å². The van der Waals surface area contributed by atoms with Crippen molar-refractivity contribution in [3.8, 4) is 6.07 Å². The lowest BCUT2D eigenvalue weighted by Gasteiger charge is -2.39. The van der Waals surface area contributed by atoms with Crippen molar-refractivity contribution in [1.82, 2.24) is 20.7 Å². The Morgan fingerprint density at radius 3 is 2.96 bits per heavy atom. The van der Waals surface area contributed by atoms with Crippen molar-refractivity contribution in [2.24, 2.45) is 11.8 Å². The summed E-state index contributed by atoms with van der Waals surface area (Å²) in [5.41, 5.74) is 4.01. The summed E-state index contributed by atoms with van der Waals surface area (Å²) < 4.78 is 13.4. The van der Waals surface area contributed by atoms with Gasteiger partial charge in [-0.1, -0.05) is 12.8 Å². The Labute approximate surface area is 151 Å².